The number of non-ortho nitro benzene ring substituents is 1. The van der Waals surface area contributed by atoms with Crippen molar-refractivity contribution in [3.05, 3.63) is 90.3 Å². The molecule has 136 valence electrons. The van der Waals surface area contributed by atoms with Crippen molar-refractivity contribution in [2.45, 2.75) is 12.5 Å². The van der Waals surface area contributed by atoms with Crippen LogP contribution in [0.4, 0.5) is 5.69 Å². The first-order chi connectivity index (χ1) is 13.1. The second-order valence-corrected chi connectivity index (χ2v) is 8.16. The van der Waals surface area contributed by atoms with Gasteiger partial charge in [0.2, 0.25) is 5.91 Å². The summed E-state index contributed by atoms with van der Waals surface area (Å²) in [6, 6.07) is 12.3. The van der Waals surface area contributed by atoms with Crippen LogP contribution in [0.15, 0.2) is 59.3 Å². The van der Waals surface area contributed by atoms with Crippen molar-refractivity contribution in [3.63, 3.8) is 0 Å². The molecule has 1 amide bonds. The molecule has 5 nitrogen and oxygen atoms in total. The number of carbonyl (C=O) groups is 1. The van der Waals surface area contributed by atoms with E-state index in [0.29, 0.717) is 6.54 Å². The van der Waals surface area contributed by atoms with Crippen LogP contribution in [-0.2, 0) is 11.2 Å². The Morgan fingerprint density at radius 3 is 2.67 bits per heavy atom. The Bertz CT molecular complexity index is 991. The van der Waals surface area contributed by atoms with Gasteiger partial charge in [-0.2, -0.15) is 0 Å². The van der Waals surface area contributed by atoms with Gasteiger partial charge in [0, 0.05) is 34.5 Å². The smallest absolute Gasteiger partial charge is 0.269 e. The summed E-state index contributed by atoms with van der Waals surface area (Å²) in [5.41, 5.74) is 2.01. The van der Waals surface area contributed by atoms with Crippen LogP contribution in [0.25, 0.3) is 6.08 Å². The molecule has 1 atom stereocenters. The Kier molecular flexibility index (Phi) is 4.87. The van der Waals surface area contributed by atoms with E-state index in [-0.39, 0.29) is 17.6 Å². The zero-order chi connectivity index (χ0) is 18.8. The molecule has 0 aliphatic carbocycles. The van der Waals surface area contributed by atoms with E-state index >= 15 is 0 Å². The number of thiophene rings is 2. The van der Waals surface area contributed by atoms with E-state index in [1.54, 1.807) is 47.0 Å². The van der Waals surface area contributed by atoms with Crippen molar-refractivity contribution in [1.29, 1.82) is 0 Å². The van der Waals surface area contributed by atoms with Crippen molar-refractivity contribution in [2.75, 3.05) is 6.54 Å². The quantitative estimate of drug-likeness (QED) is 0.358. The molecule has 1 aromatic carbocycles. The molecule has 0 radical (unpaired) electrons. The fraction of sp³-hybridized carbons (Fsp3) is 0.150. The highest BCUT2D eigenvalue weighted by Gasteiger charge is 2.32. The monoisotopic (exact) mass is 396 g/mol. The minimum Gasteiger partial charge on any atom is -0.327 e. The molecule has 0 bridgehead atoms. The fourth-order valence-corrected chi connectivity index (χ4v) is 5.04. The summed E-state index contributed by atoms with van der Waals surface area (Å²) in [4.78, 5) is 27.6. The molecular weight excluding hydrogens is 380 g/mol. The summed E-state index contributed by atoms with van der Waals surface area (Å²) in [6.45, 7) is 0.680. The Hall–Kier alpha value is -2.77. The van der Waals surface area contributed by atoms with E-state index in [1.165, 1.54) is 22.6 Å². The first kappa shape index (κ1) is 17.6. The van der Waals surface area contributed by atoms with Gasteiger partial charge in [0.15, 0.2) is 0 Å². The number of amides is 1. The molecule has 0 fully saturated rings. The predicted octanol–water partition coefficient (Wildman–Crippen LogP) is 4.91. The van der Waals surface area contributed by atoms with Gasteiger partial charge in [0.1, 0.15) is 0 Å². The summed E-state index contributed by atoms with van der Waals surface area (Å²) in [7, 11) is 0. The molecule has 0 spiro atoms. The number of carbonyl (C=O) groups excluding carboxylic acids is 1. The molecule has 3 heterocycles. The van der Waals surface area contributed by atoms with E-state index in [2.05, 4.69) is 17.5 Å². The SMILES string of the molecule is O=C(/C=C/c1ccc([N+](=O)[O-])cc1)N1CCc2sccc2C1c1cccs1. The normalized spacial score (nSPS) is 16.4. The van der Waals surface area contributed by atoms with E-state index in [9.17, 15) is 14.9 Å². The van der Waals surface area contributed by atoms with Gasteiger partial charge in [-0.1, -0.05) is 6.07 Å². The lowest BCUT2D eigenvalue weighted by Crippen LogP contribution is -2.38. The van der Waals surface area contributed by atoms with Gasteiger partial charge >= 0.3 is 0 Å². The number of benzene rings is 1. The Labute approximate surface area is 164 Å². The van der Waals surface area contributed by atoms with Crippen molar-refractivity contribution in [2.24, 2.45) is 0 Å². The number of fused-ring (bicyclic) bond motifs is 1. The number of nitro benzene ring substituents is 1. The number of nitrogens with zero attached hydrogens (tertiary/aromatic N) is 2. The second-order valence-electron chi connectivity index (χ2n) is 6.18. The molecule has 1 unspecified atom stereocenters. The van der Waals surface area contributed by atoms with Crippen molar-refractivity contribution in [1.82, 2.24) is 4.90 Å². The zero-order valence-electron chi connectivity index (χ0n) is 14.3. The van der Waals surface area contributed by atoms with Crippen LogP contribution in [-0.4, -0.2) is 22.3 Å². The highest BCUT2D eigenvalue weighted by Crippen LogP contribution is 2.39. The minimum absolute atomic E-state index is 0.0391. The third-order valence-corrected chi connectivity index (χ3v) is 6.51. The highest BCUT2D eigenvalue weighted by molar-refractivity contribution is 7.10. The van der Waals surface area contributed by atoms with Gasteiger partial charge in [0.05, 0.1) is 11.0 Å². The highest BCUT2D eigenvalue weighted by atomic mass is 32.1. The topological polar surface area (TPSA) is 63.4 Å². The lowest BCUT2D eigenvalue weighted by atomic mass is 9.98. The largest absolute Gasteiger partial charge is 0.327 e. The van der Waals surface area contributed by atoms with Gasteiger partial charge < -0.3 is 4.90 Å². The van der Waals surface area contributed by atoms with Gasteiger partial charge in [-0.05, 0) is 58.6 Å². The maximum atomic E-state index is 12.9. The van der Waals surface area contributed by atoms with Crippen LogP contribution < -0.4 is 0 Å². The van der Waals surface area contributed by atoms with E-state index < -0.39 is 4.92 Å². The number of rotatable bonds is 4. The molecular formula is C20H16N2O3S2. The van der Waals surface area contributed by atoms with E-state index in [1.807, 2.05) is 16.3 Å². The second kappa shape index (κ2) is 7.46. The summed E-state index contributed by atoms with van der Waals surface area (Å²) in [5, 5.41) is 14.9. The number of hydrogen-bond acceptors (Lipinski definition) is 5. The molecule has 7 heteroatoms. The summed E-state index contributed by atoms with van der Waals surface area (Å²) in [6.07, 6.45) is 4.13. The molecule has 0 N–H and O–H groups in total. The third-order valence-electron chi connectivity index (χ3n) is 4.58. The first-order valence-electron chi connectivity index (χ1n) is 8.46. The molecule has 1 aliphatic rings. The summed E-state index contributed by atoms with van der Waals surface area (Å²) in [5.74, 6) is -0.0522. The molecule has 0 saturated carbocycles. The van der Waals surface area contributed by atoms with Gasteiger partial charge in [0.25, 0.3) is 5.69 Å². The van der Waals surface area contributed by atoms with Crippen LogP contribution in [0.5, 0.6) is 0 Å². The Morgan fingerprint density at radius 1 is 1.15 bits per heavy atom. The predicted molar refractivity (Wildman–Crippen MR) is 108 cm³/mol. The Morgan fingerprint density at radius 2 is 1.96 bits per heavy atom. The molecule has 27 heavy (non-hydrogen) atoms. The van der Waals surface area contributed by atoms with Crippen LogP contribution in [0, 0.1) is 10.1 Å². The van der Waals surface area contributed by atoms with Crippen molar-refractivity contribution in [3.8, 4) is 0 Å². The fourth-order valence-electron chi connectivity index (χ4n) is 3.28. The maximum absolute atomic E-state index is 12.9. The molecule has 2 aromatic heterocycles. The van der Waals surface area contributed by atoms with E-state index in [4.69, 9.17) is 0 Å². The lowest BCUT2D eigenvalue weighted by molar-refractivity contribution is -0.384. The maximum Gasteiger partial charge on any atom is 0.269 e. The van der Waals surface area contributed by atoms with Gasteiger partial charge in [-0.3, -0.25) is 14.9 Å². The first-order valence-corrected chi connectivity index (χ1v) is 10.2. The van der Waals surface area contributed by atoms with Crippen LogP contribution in [0.2, 0.25) is 0 Å². The van der Waals surface area contributed by atoms with Gasteiger partial charge in [-0.15, -0.1) is 22.7 Å². The van der Waals surface area contributed by atoms with Crippen LogP contribution >= 0.6 is 22.7 Å². The third kappa shape index (κ3) is 3.56. The standard InChI is InChI=1S/C20H16N2O3S2/c23-19(8-5-14-3-6-15(7-4-14)22(24)25)21-11-9-17-16(10-13-27-17)20(21)18-2-1-12-26-18/h1-8,10,12-13,20H,9,11H2/b8-5+. The summed E-state index contributed by atoms with van der Waals surface area (Å²) >= 11 is 3.41. The molecule has 1 aliphatic heterocycles. The minimum atomic E-state index is -0.434. The average Bonchev–Trinajstić information content (AvgIpc) is 3.37. The zero-order valence-corrected chi connectivity index (χ0v) is 15.9. The van der Waals surface area contributed by atoms with Crippen molar-refractivity contribution >= 4 is 40.3 Å². The van der Waals surface area contributed by atoms with Gasteiger partial charge in [-0.25, -0.2) is 0 Å². The van der Waals surface area contributed by atoms with E-state index in [0.717, 1.165) is 16.9 Å². The Balaban J connectivity index is 1.58. The number of nitro groups is 1. The molecule has 4 rings (SSSR count). The van der Waals surface area contributed by atoms with Crippen LogP contribution in [0.3, 0.4) is 0 Å². The summed E-state index contributed by atoms with van der Waals surface area (Å²) < 4.78 is 0. The average molecular weight is 396 g/mol. The number of hydrogen-bond donors (Lipinski definition) is 0. The van der Waals surface area contributed by atoms with Crippen molar-refractivity contribution < 1.29 is 9.72 Å². The lowest BCUT2D eigenvalue weighted by Gasteiger charge is -2.34. The van der Waals surface area contributed by atoms with Crippen LogP contribution in [0.1, 0.15) is 26.9 Å². The molecule has 0 saturated heterocycles. The molecule has 3 aromatic rings.